The van der Waals surface area contributed by atoms with Gasteiger partial charge in [-0.1, -0.05) is 18.2 Å². The first-order valence-electron chi connectivity index (χ1n) is 9.18. The smallest absolute Gasteiger partial charge is 0.269 e. The number of benzene rings is 2. The van der Waals surface area contributed by atoms with E-state index in [1.165, 1.54) is 0 Å². The molecule has 1 aliphatic rings. The number of ether oxygens (including phenoxy) is 1. The molecule has 0 saturated carbocycles. The summed E-state index contributed by atoms with van der Waals surface area (Å²) in [5.41, 5.74) is 6.87. The van der Waals surface area contributed by atoms with Crippen LogP contribution in [0.1, 0.15) is 29.3 Å². The SMILES string of the molecule is CCOc1ccc(N2C[C@H](C(=O)NNC(=O)c3ccccc3C)CC2=O)cc1. The highest BCUT2D eigenvalue weighted by molar-refractivity contribution is 6.01. The predicted molar refractivity (Wildman–Crippen MR) is 105 cm³/mol. The molecule has 0 bridgehead atoms. The number of carbonyl (C=O) groups excluding carboxylic acids is 3. The lowest BCUT2D eigenvalue weighted by Crippen LogP contribution is -2.45. The molecule has 2 aromatic carbocycles. The van der Waals surface area contributed by atoms with Gasteiger partial charge in [0.1, 0.15) is 5.75 Å². The van der Waals surface area contributed by atoms with Crippen LogP contribution in [0.2, 0.25) is 0 Å². The van der Waals surface area contributed by atoms with E-state index < -0.39 is 5.92 Å². The molecule has 1 saturated heterocycles. The van der Waals surface area contributed by atoms with Crippen LogP contribution < -0.4 is 20.5 Å². The van der Waals surface area contributed by atoms with Gasteiger partial charge in [0, 0.05) is 24.2 Å². The summed E-state index contributed by atoms with van der Waals surface area (Å²) in [6.45, 7) is 4.55. The molecule has 146 valence electrons. The lowest BCUT2D eigenvalue weighted by molar-refractivity contribution is -0.126. The third kappa shape index (κ3) is 4.31. The van der Waals surface area contributed by atoms with Crippen molar-refractivity contribution in [2.24, 2.45) is 5.92 Å². The van der Waals surface area contributed by atoms with Gasteiger partial charge in [0.05, 0.1) is 12.5 Å². The lowest BCUT2D eigenvalue weighted by atomic mass is 10.1. The molecular formula is C21H23N3O4. The third-order valence-electron chi connectivity index (χ3n) is 4.64. The Hall–Kier alpha value is -3.35. The van der Waals surface area contributed by atoms with Crippen molar-refractivity contribution in [2.75, 3.05) is 18.1 Å². The first-order valence-corrected chi connectivity index (χ1v) is 9.18. The van der Waals surface area contributed by atoms with Crippen molar-refractivity contribution in [1.82, 2.24) is 10.9 Å². The first kappa shape index (κ1) is 19.4. The molecule has 1 aliphatic heterocycles. The van der Waals surface area contributed by atoms with E-state index in [9.17, 15) is 14.4 Å². The summed E-state index contributed by atoms with van der Waals surface area (Å²) in [4.78, 5) is 38.5. The first-order chi connectivity index (χ1) is 13.5. The van der Waals surface area contributed by atoms with E-state index in [2.05, 4.69) is 10.9 Å². The minimum atomic E-state index is -0.531. The number of anilines is 1. The van der Waals surface area contributed by atoms with E-state index in [4.69, 9.17) is 4.74 Å². The molecule has 0 spiro atoms. The van der Waals surface area contributed by atoms with Crippen LogP contribution >= 0.6 is 0 Å². The summed E-state index contributed by atoms with van der Waals surface area (Å²) in [5, 5.41) is 0. The zero-order valence-electron chi connectivity index (χ0n) is 15.9. The maximum absolute atomic E-state index is 12.4. The van der Waals surface area contributed by atoms with Gasteiger partial charge in [0.25, 0.3) is 5.91 Å². The van der Waals surface area contributed by atoms with E-state index in [0.717, 1.165) is 11.3 Å². The fourth-order valence-corrected chi connectivity index (χ4v) is 3.14. The summed E-state index contributed by atoms with van der Waals surface area (Å²) in [6.07, 6.45) is 0.0965. The summed E-state index contributed by atoms with van der Waals surface area (Å²) in [5.74, 6) is -0.709. The molecule has 1 atom stereocenters. The zero-order valence-corrected chi connectivity index (χ0v) is 15.9. The maximum atomic E-state index is 12.4. The van der Waals surface area contributed by atoms with Gasteiger partial charge in [0.2, 0.25) is 11.8 Å². The summed E-state index contributed by atoms with van der Waals surface area (Å²) in [6, 6.07) is 14.3. The summed E-state index contributed by atoms with van der Waals surface area (Å²) in [7, 11) is 0. The van der Waals surface area contributed by atoms with Gasteiger partial charge < -0.3 is 9.64 Å². The maximum Gasteiger partial charge on any atom is 0.269 e. The van der Waals surface area contributed by atoms with Crippen LogP contribution in [0, 0.1) is 12.8 Å². The van der Waals surface area contributed by atoms with E-state index in [1.807, 2.05) is 26.0 Å². The molecule has 3 amide bonds. The van der Waals surface area contributed by atoms with Crippen LogP contribution in [-0.4, -0.2) is 30.9 Å². The van der Waals surface area contributed by atoms with E-state index in [1.54, 1.807) is 41.3 Å². The van der Waals surface area contributed by atoms with Crippen molar-refractivity contribution in [3.05, 3.63) is 59.7 Å². The van der Waals surface area contributed by atoms with Crippen molar-refractivity contribution in [1.29, 1.82) is 0 Å². The van der Waals surface area contributed by atoms with Crippen LogP contribution in [-0.2, 0) is 9.59 Å². The Bertz CT molecular complexity index is 879. The standard InChI is InChI=1S/C21H23N3O4/c1-3-28-17-10-8-16(9-11-17)24-13-15(12-19(24)25)20(26)22-23-21(27)18-7-5-4-6-14(18)2/h4-11,15H,3,12-13H2,1-2H3,(H,22,26)(H,23,27)/t15-/m1/s1. The predicted octanol–water partition coefficient (Wildman–Crippen LogP) is 2.21. The Balaban J connectivity index is 1.57. The van der Waals surface area contributed by atoms with Gasteiger partial charge in [-0.25, -0.2) is 0 Å². The lowest BCUT2D eigenvalue weighted by Gasteiger charge is -2.17. The number of hydrazine groups is 1. The average Bonchev–Trinajstić information content (AvgIpc) is 3.09. The highest BCUT2D eigenvalue weighted by Crippen LogP contribution is 2.27. The van der Waals surface area contributed by atoms with Gasteiger partial charge in [0.15, 0.2) is 0 Å². The van der Waals surface area contributed by atoms with Gasteiger partial charge in [-0.3, -0.25) is 25.2 Å². The Morgan fingerprint density at radius 1 is 1.11 bits per heavy atom. The Morgan fingerprint density at radius 2 is 1.82 bits per heavy atom. The molecule has 3 rings (SSSR count). The molecule has 0 aromatic heterocycles. The summed E-state index contributed by atoms with van der Waals surface area (Å²) >= 11 is 0. The number of rotatable bonds is 5. The number of nitrogens with one attached hydrogen (secondary N) is 2. The van der Waals surface area contributed by atoms with Crippen LogP contribution in [0.3, 0.4) is 0 Å². The Morgan fingerprint density at radius 3 is 2.50 bits per heavy atom. The van der Waals surface area contributed by atoms with E-state index in [-0.39, 0.29) is 30.7 Å². The van der Waals surface area contributed by atoms with Crippen LogP contribution in [0.5, 0.6) is 5.75 Å². The van der Waals surface area contributed by atoms with Gasteiger partial charge in [-0.05, 0) is 49.7 Å². The molecular weight excluding hydrogens is 358 g/mol. The third-order valence-corrected chi connectivity index (χ3v) is 4.64. The van der Waals surface area contributed by atoms with Gasteiger partial charge >= 0.3 is 0 Å². The fraction of sp³-hybridized carbons (Fsp3) is 0.286. The van der Waals surface area contributed by atoms with Crippen molar-refractivity contribution in [2.45, 2.75) is 20.3 Å². The fourth-order valence-electron chi connectivity index (χ4n) is 3.14. The highest BCUT2D eigenvalue weighted by Gasteiger charge is 2.35. The van der Waals surface area contributed by atoms with Crippen LogP contribution in [0.15, 0.2) is 48.5 Å². The number of amides is 3. The second kappa shape index (κ2) is 8.56. The van der Waals surface area contributed by atoms with Crippen LogP contribution in [0.4, 0.5) is 5.69 Å². The van der Waals surface area contributed by atoms with E-state index >= 15 is 0 Å². The minimum absolute atomic E-state index is 0.0965. The second-order valence-electron chi connectivity index (χ2n) is 6.59. The zero-order chi connectivity index (χ0) is 20.1. The molecule has 1 heterocycles. The summed E-state index contributed by atoms with van der Waals surface area (Å²) < 4.78 is 5.40. The molecule has 0 radical (unpaired) electrons. The number of carbonyl (C=O) groups is 3. The van der Waals surface area contributed by atoms with Crippen molar-refractivity contribution in [3.63, 3.8) is 0 Å². The number of nitrogens with zero attached hydrogens (tertiary/aromatic N) is 1. The van der Waals surface area contributed by atoms with Crippen LogP contribution in [0.25, 0.3) is 0 Å². The molecule has 1 fully saturated rings. The topological polar surface area (TPSA) is 87.7 Å². The quantitative estimate of drug-likeness (QED) is 0.778. The number of aryl methyl sites for hydroxylation is 1. The van der Waals surface area contributed by atoms with Crippen molar-refractivity contribution < 1.29 is 19.1 Å². The molecule has 0 unspecified atom stereocenters. The van der Waals surface area contributed by atoms with Gasteiger partial charge in [-0.15, -0.1) is 0 Å². The monoisotopic (exact) mass is 381 g/mol. The van der Waals surface area contributed by atoms with Crippen molar-refractivity contribution >= 4 is 23.4 Å². The average molecular weight is 381 g/mol. The van der Waals surface area contributed by atoms with Crippen molar-refractivity contribution in [3.8, 4) is 5.75 Å². The molecule has 7 nitrogen and oxygen atoms in total. The Labute approximate surface area is 163 Å². The molecule has 0 aliphatic carbocycles. The normalized spacial score (nSPS) is 16.0. The van der Waals surface area contributed by atoms with Gasteiger partial charge in [-0.2, -0.15) is 0 Å². The number of hydrogen-bond donors (Lipinski definition) is 2. The molecule has 2 N–H and O–H groups in total. The highest BCUT2D eigenvalue weighted by atomic mass is 16.5. The van der Waals surface area contributed by atoms with E-state index in [0.29, 0.717) is 17.9 Å². The second-order valence-corrected chi connectivity index (χ2v) is 6.59. The minimum Gasteiger partial charge on any atom is -0.494 e. The molecule has 28 heavy (non-hydrogen) atoms. The molecule has 2 aromatic rings. The molecule has 7 heteroatoms. The Kier molecular flexibility index (Phi) is 5.93. The number of hydrogen-bond acceptors (Lipinski definition) is 4. The largest absolute Gasteiger partial charge is 0.494 e.